The average Bonchev–Trinajstić information content (AvgIpc) is 2.45. The number of hydrogen-bond donors (Lipinski definition) is 1. The summed E-state index contributed by atoms with van der Waals surface area (Å²) in [6, 6.07) is 0.121. The first-order valence-corrected chi connectivity index (χ1v) is 4.99. The lowest BCUT2D eigenvalue weighted by atomic mass is 10.3. The molecule has 0 saturated carbocycles. The molecule has 0 radical (unpaired) electrons. The summed E-state index contributed by atoms with van der Waals surface area (Å²) < 4.78 is 25.9. The van der Waals surface area contributed by atoms with Gasteiger partial charge in [-0.15, -0.1) is 0 Å². The van der Waals surface area contributed by atoms with E-state index in [1.165, 1.54) is 0 Å². The predicted octanol–water partition coefficient (Wildman–Crippen LogP) is 2.28. The quantitative estimate of drug-likeness (QED) is 0.867. The van der Waals surface area contributed by atoms with Gasteiger partial charge in [0.2, 0.25) is 0 Å². The molecule has 0 bridgehead atoms. The van der Waals surface area contributed by atoms with Gasteiger partial charge in [0.05, 0.1) is 17.1 Å². The minimum atomic E-state index is -3.01. The van der Waals surface area contributed by atoms with E-state index in [9.17, 15) is 13.6 Å². The summed E-state index contributed by atoms with van der Waals surface area (Å²) in [5, 5.41) is 6.36. The van der Waals surface area contributed by atoms with E-state index in [1.807, 2.05) is 13.8 Å². The van der Waals surface area contributed by atoms with E-state index in [1.54, 1.807) is 18.5 Å². The molecule has 90 valence electrons. The second-order valence-electron chi connectivity index (χ2n) is 3.87. The van der Waals surface area contributed by atoms with Crippen molar-refractivity contribution in [1.29, 1.82) is 0 Å². The zero-order chi connectivity index (χ0) is 12.5. The molecule has 0 saturated heterocycles. The molecule has 1 aromatic rings. The highest BCUT2D eigenvalue weighted by Crippen LogP contribution is 2.22. The smallest absolute Gasteiger partial charge is 0.315 e. The molecule has 1 amide bonds. The topological polar surface area (TPSA) is 46.9 Å². The van der Waals surface area contributed by atoms with Gasteiger partial charge >= 0.3 is 6.43 Å². The van der Waals surface area contributed by atoms with Crippen LogP contribution in [-0.2, 0) is 4.79 Å². The molecule has 0 fully saturated rings. The van der Waals surface area contributed by atoms with Crippen LogP contribution in [0.1, 0.15) is 31.3 Å². The average molecular weight is 231 g/mol. The van der Waals surface area contributed by atoms with Crippen LogP contribution in [0, 0.1) is 13.8 Å². The maximum Gasteiger partial charge on any atom is 0.315 e. The van der Waals surface area contributed by atoms with Gasteiger partial charge in [0.15, 0.2) is 0 Å². The molecule has 0 aromatic carbocycles. The minimum absolute atomic E-state index is 0.121. The van der Waals surface area contributed by atoms with Crippen molar-refractivity contribution in [1.82, 2.24) is 9.78 Å². The fourth-order valence-corrected chi connectivity index (χ4v) is 1.52. The number of carbonyl (C=O) groups excluding carboxylic acids is 1. The Balaban J connectivity index is 3.01. The van der Waals surface area contributed by atoms with Crippen LogP contribution in [0.15, 0.2) is 0 Å². The van der Waals surface area contributed by atoms with Crippen LogP contribution in [0.25, 0.3) is 0 Å². The SMILES string of the molecule is Cc1nn(C(C)C)c(C)c1NC(=O)C(F)F. The van der Waals surface area contributed by atoms with Crippen LogP contribution >= 0.6 is 0 Å². The molecule has 0 aliphatic carbocycles. The Labute approximate surface area is 92.6 Å². The second kappa shape index (κ2) is 4.59. The standard InChI is InChI=1S/C10H15F2N3O/c1-5(2)15-7(4)8(6(3)14-15)13-10(16)9(11)12/h5,9H,1-4H3,(H,13,16). The highest BCUT2D eigenvalue weighted by molar-refractivity contribution is 5.94. The van der Waals surface area contributed by atoms with Crippen molar-refractivity contribution in [3.63, 3.8) is 0 Å². The Morgan fingerprint density at radius 2 is 1.94 bits per heavy atom. The number of hydrogen-bond acceptors (Lipinski definition) is 2. The number of anilines is 1. The first kappa shape index (κ1) is 12.6. The molecule has 0 atom stereocenters. The van der Waals surface area contributed by atoms with Gasteiger partial charge in [0.25, 0.3) is 5.91 Å². The highest BCUT2D eigenvalue weighted by atomic mass is 19.3. The molecule has 0 spiro atoms. The van der Waals surface area contributed by atoms with Gasteiger partial charge in [-0.2, -0.15) is 13.9 Å². The van der Waals surface area contributed by atoms with Gasteiger partial charge in [-0.05, 0) is 27.7 Å². The lowest BCUT2D eigenvalue weighted by molar-refractivity contribution is -0.126. The number of amides is 1. The largest absolute Gasteiger partial charge is 0.318 e. The Hall–Kier alpha value is -1.46. The summed E-state index contributed by atoms with van der Waals surface area (Å²) in [6.45, 7) is 7.27. The van der Waals surface area contributed by atoms with E-state index in [0.717, 1.165) is 0 Å². The van der Waals surface area contributed by atoms with Crippen molar-refractivity contribution in [3.8, 4) is 0 Å². The lowest BCUT2D eigenvalue weighted by Gasteiger charge is -2.09. The van der Waals surface area contributed by atoms with E-state index >= 15 is 0 Å². The fourth-order valence-electron chi connectivity index (χ4n) is 1.52. The Morgan fingerprint density at radius 3 is 2.31 bits per heavy atom. The number of alkyl halides is 2. The normalized spacial score (nSPS) is 11.2. The van der Waals surface area contributed by atoms with Crippen molar-refractivity contribution >= 4 is 11.6 Å². The van der Waals surface area contributed by atoms with Crippen LogP contribution in [0.3, 0.4) is 0 Å². The Morgan fingerprint density at radius 1 is 1.38 bits per heavy atom. The monoisotopic (exact) mass is 231 g/mol. The van der Waals surface area contributed by atoms with Crippen molar-refractivity contribution in [3.05, 3.63) is 11.4 Å². The van der Waals surface area contributed by atoms with Crippen molar-refractivity contribution in [2.75, 3.05) is 5.32 Å². The summed E-state index contributed by atoms with van der Waals surface area (Å²) in [4.78, 5) is 10.9. The zero-order valence-electron chi connectivity index (χ0n) is 9.71. The minimum Gasteiger partial charge on any atom is -0.318 e. The number of aryl methyl sites for hydroxylation is 1. The third-order valence-corrected chi connectivity index (χ3v) is 2.26. The van der Waals surface area contributed by atoms with Crippen molar-refractivity contribution in [2.45, 2.75) is 40.2 Å². The molecule has 1 rings (SSSR count). The zero-order valence-corrected chi connectivity index (χ0v) is 9.71. The third kappa shape index (κ3) is 2.37. The van der Waals surface area contributed by atoms with Crippen LogP contribution in [0.4, 0.5) is 14.5 Å². The van der Waals surface area contributed by atoms with Gasteiger partial charge in [0, 0.05) is 6.04 Å². The van der Waals surface area contributed by atoms with E-state index in [0.29, 0.717) is 17.1 Å². The molecular weight excluding hydrogens is 216 g/mol. The maximum atomic E-state index is 12.1. The first-order chi connectivity index (χ1) is 7.34. The number of carbonyl (C=O) groups is 1. The van der Waals surface area contributed by atoms with Gasteiger partial charge in [0.1, 0.15) is 0 Å². The third-order valence-electron chi connectivity index (χ3n) is 2.26. The second-order valence-corrected chi connectivity index (χ2v) is 3.87. The first-order valence-electron chi connectivity index (χ1n) is 4.99. The molecule has 1 heterocycles. The van der Waals surface area contributed by atoms with E-state index < -0.39 is 12.3 Å². The van der Waals surface area contributed by atoms with Crippen LogP contribution in [0.2, 0.25) is 0 Å². The summed E-state index contributed by atoms with van der Waals surface area (Å²) in [6.07, 6.45) is -3.01. The number of aromatic nitrogens is 2. The molecule has 0 aliphatic rings. The molecule has 1 aromatic heterocycles. The maximum absolute atomic E-state index is 12.1. The van der Waals surface area contributed by atoms with Gasteiger partial charge < -0.3 is 5.32 Å². The van der Waals surface area contributed by atoms with Crippen molar-refractivity contribution < 1.29 is 13.6 Å². The number of halogens is 2. The van der Waals surface area contributed by atoms with Crippen LogP contribution < -0.4 is 5.32 Å². The van der Waals surface area contributed by atoms with Gasteiger partial charge in [-0.3, -0.25) is 9.48 Å². The number of nitrogens with one attached hydrogen (secondary N) is 1. The van der Waals surface area contributed by atoms with E-state index in [2.05, 4.69) is 10.4 Å². The summed E-state index contributed by atoms with van der Waals surface area (Å²) in [5.74, 6) is -1.30. The summed E-state index contributed by atoms with van der Waals surface area (Å²) in [5.41, 5.74) is 1.60. The van der Waals surface area contributed by atoms with E-state index in [-0.39, 0.29) is 6.04 Å². The molecule has 16 heavy (non-hydrogen) atoms. The molecular formula is C10H15F2N3O. The molecule has 6 heteroatoms. The molecule has 0 unspecified atom stereocenters. The van der Waals surface area contributed by atoms with Gasteiger partial charge in [-0.25, -0.2) is 0 Å². The summed E-state index contributed by atoms with van der Waals surface area (Å²) in [7, 11) is 0. The Kier molecular flexibility index (Phi) is 3.62. The van der Waals surface area contributed by atoms with Crippen LogP contribution in [0.5, 0.6) is 0 Å². The lowest BCUT2D eigenvalue weighted by Crippen LogP contribution is -2.21. The number of rotatable bonds is 3. The summed E-state index contributed by atoms with van der Waals surface area (Å²) >= 11 is 0. The van der Waals surface area contributed by atoms with Crippen LogP contribution in [-0.4, -0.2) is 22.1 Å². The Bertz CT molecular complexity index is 399. The molecule has 1 N–H and O–H groups in total. The highest BCUT2D eigenvalue weighted by Gasteiger charge is 2.20. The van der Waals surface area contributed by atoms with Crippen molar-refractivity contribution in [2.24, 2.45) is 0 Å². The van der Waals surface area contributed by atoms with E-state index in [4.69, 9.17) is 0 Å². The molecule has 4 nitrogen and oxygen atoms in total. The predicted molar refractivity (Wildman–Crippen MR) is 56.7 cm³/mol. The van der Waals surface area contributed by atoms with Gasteiger partial charge in [-0.1, -0.05) is 0 Å². The molecule has 0 aliphatic heterocycles. The fraction of sp³-hybridized carbons (Fsp3) is 0.600. The number of nitrogens with zero attached hydrogens (tertiary/aromatic N) is 2.